The van der Waals surface area contributed by atoms with Gasteiger partial charge in [-0.1, -0.05) is 71.9 Å². The van der Waals surface area contributed by atoms with Crippen molar-refractivity contribution in [1.82, 2.24) is 14.9 Å². The molecule has 9 heteroatoms. The zero-order valence-corrected chi connectivity index (χ0v) is 17.6. The fraction of sp³-hybridized carbons (Fsp3) is 0.238. The summed E-state index contributed by atoms with van der Waals surface area (Å²) in [5.74, 6) is -0.317. The largest absolute Gasteiger partial charge is 0.406 e. The highest BCUT2D eigenvalue weighted by Crippen LogP contribution is 2.31. The van der Waals surface area contributed by atoms with Crippen molar-refractivity contribution in [3.8, 4) is 11.3 Å². The van der Waals surface area contributed by atoms with Crippen LogP contribution in [0.2, 0.25) is 5.02 Å². The number of nitrogens with zero attached hydrogens (tertiary/aromatic N) is 2. The van der Waals surface area contributed by atoms with Crippen molar-refractivity contribution in [2.45, 2.75) is 36.6 Å². The Bertz CT molecular complexity index is 1010. The van der Waals surface area contributed by atoms with E-state index in [9.17, 15) is 18.0 Å². The van der Waals surface area contributed by atoms with E-state index in [1.807, 2.05) is 6.07 Å². The molecule has 1 unspecified atom stereocenters. The molecule has 1 amide bonds. The maximum absolute atomic E-state index is 13.2. The van der Waals surface area contributed by atoms with Gasteiger partial charge in [-0.15, -0.1) is 0 Å². The number of carbonyl (C=O) groups is 1. The van der Waals surface area contributed by atoms with E-state index in [2.05, 4.69) is 10.3 Å². The van der Waals surface area contributed by atoms with Crippen LogP contribution in [0.4, 0.5) is 13.2 Å². The SMILES string of the molecule is CC(Sc1ncc(-c2ccccc2)n1CC(F)(F)F)C(=O)NCc1ccccc1Cl. The average molecular weight is 454 g/mol. The Morgan fingerprint density at radius 2 is 1.83 bits per heavy atom. The Morgan fingerprint density at radius 3 is 2.50 bits per heavy atom. The standard InChI is InChI=1S/C21H19ClF3N3OS/c1-14(19(29)26-11-16-9-5-6-10-17(16)22)30-20-27-12-18(15-7-3-2-4-8-15)28(20)13-21(23,24)25/h2-10,12,14H,11,13H2,1H3,(H,26,29). The van der Waals surface area contributed by atoms with Crippen molar-refractivity contribution in [3.63, 3.8) is 0 Å². The molecule has 1 atom stereocenters. The van der Waals surface area contributed by atoms with Gasteiger partial charge in [-0.25, -0.2) is 4.98 Å². The third-order valence-corrected chi connectivity index (χ3v) is 5.76. The van der Waals surface area contributed by atoms with E-state index in [4.69, 9.17) is 11.6 Å². The molecule has 2 aromatic carbocycles. The van der Waals surface area contributed by atoms with E-state index in [-0.39, 0.29) is 17.6 Å². The van der Waals surface area contributed by atoms with Gasteiger partial charge in [-0.05, 0) is 24.1 Å². The molecule has 1 aromatic heterocycles. The number of aromatic nitrogens is 2. The van der Waals surface area contributed by atoms with E-state index in [1.54, 1.807) is 55.5 Å². The topological polar surface area (TPSA) is 46.9 Å². The minimum absolute atomic E-state index is 0.131. The van der Waals surface area contributed by atoms with Gasteiger partial charge in [0.1, 0.15) is 6.54 Å². The van der Waals surface area contributed by atoms with Gasteiger partial charge in [0, 0.05) is 11.6 Å². The summed E-state index contributed by atoms with van der Waals surface area (Å²) >= 11 is 7.06. The van der Waals surface area contributed by atoms with Gasteiger partial charge in [0.2, 0.25) is 5.91 Å². The molecule has 3 aromatic rings. The van der Waals surface area contributed by atoms with E-state index in [0.717, 1.165) is 21.9 Å². The monoisotopic (exact) mass is 453 g/mol. The third kappa shape index (κ3) is 5.79. The van der Waals surface area contributed by atoms with Gasteiger partial charge in [-0.3, -0.25) is 4.79 Å². The number of imidazole rings is 1. The van der Waals surface area contributed by atoms with E-state index >= 15 is 0 Å². The summed E-state index contributed by atoms with van der Waals surface area (Å²) < 4.78 is 40.7. The molecule has 30 heavy (non-hydrogen) atoms. The molecule has 3 rings (SSSR count). The number of nitrogens with one attached hydrogen (secondary N) is 1. The minimum atomic E-state index is -4.42. The summed E-state index contributed by atoms with van der Waals surface area (Å²) in [5, 5.41) is 2.78. The van der Waals surface area contributed by atoms with Gasteiger partial charge < -0.3 is 9.88 Å². The first kappa shape index (κ1) is 22.2. The molecular formula is C21H19ClF3N3OS. The van der Waals surface area contributed by atoms with Crippen molar-refractivity contribution >= 4 is 29.3 Å². The smallest absolute Gasteiger partial charge is 0.351 e. The Hall–Kier alpha value is -2.45. The van der Waals surface area contributed by atoms with Gasteiger partial charge >= 0.3 is 6.18 Å². The minimum Gasteiger partial charge on any atom is -0.351 e. The van der Waals surface area contributed by atoms with Crippen molar-refractivity contribution in [1.29, 1.82) is 0 Å². The Kier molecular flexibility index (Phi) is 7.10. The molecule has 0 spiro atoms. The highest BCUT2D eigenvalue weighted by atomic mass is 35.5. The van der Waals surface area contributed by atoms with Crippen LogP contribution in [0.3, 0.4) is 0 Å². The van der Waals surface area contributed by atoms with Crippen LogP contribution in [-0.4, -0.2) is 26.9 Å². The molecule has 158 valence electrons. The number of halogens is 4. The summed E-state index contributed by atoms with van der Waals surface area (Å²) in [5.41, 5.74) is 1.73. The summed E-state index contributed by atoms with van der Waals surface area (Å²) in [6, 6.07) is 15.8. The molecule has 1 heterocycles. The van der Waals surface area contributed by atoms with Crippen molar-refractivity contribution in [2.75, 3.05) is 0 Å². The first-order chi connectivity index (χ1) is 14.2. The third-order valence-electron chi connectivity index (χ3n) is 4.29. The molecule has 0 aliphatic heterocycles. The van der Waals surface area contributed by atoms with Crippen molar-refractivity contribution in [2.24, 2.45) is 0 Å². The van der Waals surface area contributed by atoms with Gasteiger partial charge in [0.15, 0.2) is 5.16 Å². The average Bonchev–Trinajstić information content (AvgIpc) is 3.08. The summed E-state index contributed by atoms with van der Waals surface area (Å²) in [4.78, 5) is 16.6. The van der Waals surface area contributed by atoms with Crippen LogP contribution in [0.1, 0.15) is 12.5 Å². The lowest BCUT2D eigenvalue weighted by Gasteiger charge is -2.16. The lowest BCUT2D eigenvalue weighted by molar-refractivity contribution is -0.141. The van der Waals surface area contributed by atoms with Crippen LogP contribution >= 0.6 is 23.4 Å². The fourth-order valence-electron chi connectivity index (χ4n) is 2.80. The van der Waals surface area contributed by atoms with E-state index < -0.39 is 18.0 Å². The van der Waals surface area contributed by atoms with Crippen LogP contribution in [0, 0.1) is 0 Å². The second-order valence-electron chi connectivity index (χ2n) is 6.56. The molecule has 0 aliphatic rings. The van der Waals surface area contributed by atoms with Crippen molar-refractivity contribution in [3.05, 3.63) is 71.4 Å². The lowest BCUT2D eigenvalue weighted by atomic mass is 10.2. The Labute approximate surface area is 181 Å². The predicted octanol–water partition coefficient (Wildman–Crippen LogP) is 5.56. The molecule has 0 radical (unpaired) electrons. The fourth-order valence-corrected chi connectivity index (χ4v) is 3.92. The Morgan fingerprint density at radius 1 is 1.17 bits per heavy atom. The highest BCUT2D eigenvalue weighted by Gasteiger charge is 2.31. The lowest BCUT2D eigenvalue weighted by Crippen LogP contribution is -2.31. The maximum atomic E-state index is 13.2. The molecule has 0 fully saturated rings. The number of amides is 1. The summed E-state index contributed by atoms with van der Waals surface area (Å²) in [6.45, 7) is 0.671. The number of alkyl halides is 3. The maximum Gasteiger partial charge on any atom is 0.406 e. The van der Waals surface area contributed by atoms with Crippen LogP contribution in [0.15, 0.2) is 66.0 Å². The second kappa shape index (κ2) is 9.57. The summed E-state index contributed by atoms with van der Waals surface area (Å²) in [6.07, 6.45) is -3.02. The van der Waals surface area contributed by atoms with E-state index in [0.29, 0.717) is 16.3 Å². The molecule has 0 bridgehead atoms. The van der Waals surface area contributed by atoms with Gasteiger partial charge in [0.25, 0.3) is 0 Å². The normalized spacial score (nSPS) is 12.6. The second-order valence-corrected chi connectivity index (χ2v) is 8.28. The summed E-state index contributed by atoms with van der Waals surface area (Å²) in [7, 11) is 0. The van der Waals surface area contributed by atoms with Crippen LogP contribution < -0.4 is 5.32 Å². The quantitative estimate of drug-likeness (QED) is 0.476. The number of benzene rings is 2. The zero-order valence-electron chi connectivity index (χ0n) is 16.0. The number of hydrogen-bond donors (Lipinski definition) is 1. The first-order valence-corrected chi connectivity index (χ1v) is 10.4. The van der Waals surface area contributed by atoms with Gasteiger partial charge in [-0.2, -0.15) is 13.2 Å². The molecule has 0 saturated heterocycles. The van der Waals surface area contributed by atoms with E-state index in [1.165, 1.54) is 6.20 Å². The molecule has 0 aliphatic carbocycles. The predicted molar refractivity (Wildman–Crippen MR) is 112 cm³/mol. The van der Waals surface area contributed by atoms with Crippen molar-refractivity contribution < 1.29 is 18.0 Å². The first-order valence-electron chi connectivity index (χ1n) is 9.10. The molecular weight excluding hydrogens is 435 g/mol. The van der Waals surface area contributed by atoms with Crippen LogP contribution in [-0.2, 0) is 17.9 Å². The number of carbonyl (C=O) groups excluding carboxylic acids is 1. The zero-order chi connectivity index (χ0) is 21.7. The molecule has 1 N–H and O–H groups in total. The van der Waals surface area contributed by atoms with Gasteiger partial charge in [0.05, 0.1) is 17.1 Å². The molecule has 4 nitrogen and oxygen atoms in total. The number of hydrogen-bond acceptors (Lipinski definition) is 3. The Balaban J connectivity index is 1.75. The number of thioether (sulfide) groups is 1. The molecule has 0 saturated carbocycles. The number of rotatable bonds is 7. The highest BCUT2D eigenvalue weighted by molar-refractivity contribution is 8.00. The van der Waals surface area contributed by atoms with Crippen LogP contribution in [0.5, 0.6) is 0 Å². The van der Waals surface area contributed by atoms with Crippen LogP contribution in [0.25, 0.3) is 11.3 Å².